The fourth-order valence-corrected chi connectivity index (χ4v) is 3.28. The average Bonchev–Trinajstić information content (AvgIpc) is 2.58. The fourth-order valence-electron chi connectivity index (χ4n) is 3.28. The smallest absolute Gasteiger partial charge is 0.251 e. The predicted molar refractivity (Wildman–Crippen MR) is 100 cm³/mol. The van der Waals surface area contributed by atoms with Gasteiger partial charge in [0.2, 0.25) is 0 Å². The molecule has 0 radical (unpaired) electrons. The van der Waals surface area contributed by atoms with Crippen molar-refractivity contribution in [2.75, 3.05) is 6.54 Å². The quantitative estimate of drug-likeness (QED) is 0.839. The van der Waals surface area contributed by atoms with Gasteiger partial charge in [0.25, 0.3) is 5.91 Å². The molecule has 3 rings (SSSR count). The molecular weight excluding hydrogens is 320 g/mol. The SMILES string of the molecule is Cl.NCc1ccc(C(=O)NCC2(Cc3ccccc3)CCC2)cc1. The zero-order valence-electron chi connectivity index (χ0n) is 13.8. The Kier molecular flexibility index (Phi) is 6.41. The molecule has 3 N–H and O–H groups in total. The maximum absolute atomic E-state index is 12.3. The Balaban J connectivity index is 0.00000208. The van der Waals surface area contributed by atoms with Gasteiger partial charge < -0.3 is 11.1 Å². The third-order valence-electron chi connectivity index (χ3n) is 4.91. The third kappa shape index (κ3) is 4.37. The highest BCUT2D eigenvalue weighted by Gasteiger charge is 2.37. The van der Waals surface area contributed by atoms with Gasteiger partial charge in [-0.15, -0.1) is 12.4 Å². The van der Waals surface area contributed by atoms with Gasteiger partial charge in [0.15, 0.2) is 0 Å². The van der Waals surface area contributed by atoms with E-state index in [2.05, 4.69) is 29.6 Å². The van der Waals surface area contributed by atoms with Crippen molar-refractivity contribution in [2.45, 2.75) is 32.2 Å². The molecule has 1 fully saturated rings. The van der Waals surface area contributed by atoms with Crippen LogP contribution < -0.4 is 11.1 Å². The van der Waals surface area contributed by atoms with E-state index in [4.69, 9.17) is 5.73 Å². The summed E-state index contributed by atoms with van der Waals surface area (Å²) in [6, 6.07) is 18.1. The molecule has 1 aliphatic rings. The first-order chi connectivity index (χ1) is 11.2. The Hall–Kier alpha value is -1.84. The van der Waals surface area contributed by atoms with Gasteiger partial charge in [-0.1, -0.05) is 48.9 Å². The van der Waals surface area contributed by atoms with Crippen molar-refractivity contribution >= 4 is 18.3 Å². The van der Waals surface area contributed by atoms with E-state index in [0.29, 0.717) is 12.1 Å². The number of hydrogen-bond acceptors (Lipinski definition) is 2. The van der Waals surface area contributed by atoms with Crippen LogP contribution >= 0.6 is 12.4 Å². The number of hydrogen-bond donors (Lipinski definition) is 2. The molecule has 0 aliphatic heterocycles. The van der Waals surface area contributed by atoms with Gasteiger partial charge in [-0.25, -0.2) is 0 Å². The summed E-state index contributed by atoms with van der Waals surface area (Å²) in [6.45, 7) is 1.25. The molecule has 128 valence electrons. The number of nitrogens with one attached hydrogen (secondary N) is 1. The van der Waals surface area contributed by atoms with Crippen LogP contribution in [0.2, 0.25) is 0 Å². The van der Waals surface area contributed by atoms with Crippen LogP contribution in [0.4, 0.5) is 0 Å². The molecule has 2 aromatic rings. The molecule has 2 aromatic carbocycles. The number of amides is 1. The lowest BCUT2D eigenvalue weighted by Crippen LogP contribution is -2.43. The second kappa shape index (κ2) is 8.32. The summed E-state index contributed by atoms with van der Waals surface area (Å²) in [5.41, 5.74) is 8.92. The van der Waals surface area contributed by atoms with Crippen molar-refractivity contribution in [3.63, 3.8) is 0 Å². The number of benzene rings is 2. The third-order valence-corrected chi connectivity index (χ3v) is 4.91. The highest BCUT2D eigenvalue weighted by Crippen LogP contribution is 2.43. The van der Waals surface area contributed by atoms with E-state index in [1.54, 1.807) is 0 Å². The molecule has 0 heterocycles. The number of rotatable bonds is 6. The molecule has 1 saturated carbocycles. The van der Waals surface area contributed by atoms with Crippen LogP contribution in [-0.2, 0) is 13.0 Å². The van der Waals surface area contributed by atoms with Gasteiger partial charge in [0.05, 0.1) is 0 Å². The van der Waals surface area contributed by atoms with Crippen LogP contribution in [-0.4, -0.2) is 12.5 Å². The number of carbonyl (C=O) groups is 1. The lowest BCUT2D eigenvalue weighted by Gasteiger charge is -2.42. The van der Waals surface area contributed by atoms with E-state index in [-0.39, 0.29) is 23.7 Å². The molecule has 3 nitrogen and oxygen atoms in total. The first-order valence-corrected chi connectivity index (χ1v) is 8.32. The predicted octanol–water partition coefficient (Wildman–Crippen LogP) is 3.71. The van der Waals surface area contributed by atoms with Gasteiger partial charge in [0.1, 0.15) is 0 Å². The molecule has 24 heavy (non-hydrogen) atoms. The zero-order chi connectivity index (χ0) is 16.1. The Morgan fingerprint density at radius 3 is 2.21 bits per heavy atom. The maximum atomic E-state index is 12.3. The van der Waals surface area contributed by atoms with E-state index < -0.39 is 0 Å². The normalized spacial score (nSPS) is 15.0. The molecule has 4 heteroatoms. The largest absolute Gasteiger partial charge is 0.351 e. The Morgan fingerprint density at radius 2 is 1.67 bits per heavy atom. The van der Waals surface area contributed by atoms with E-state index >= 15 is 0 Å². The first kappa shape index (κ1) is 18.5. The molecular formula is C20H25ClN2O. The summed E-state index contributed by atoms with van der Waals surface area (Å²) >= 11 is 0. The molecule has 1 aliphatic carbocycles. The molecule has 0 saturated heterocycles. The van der Waals surface area contributed by atoms with Crippen molar-refractivity contribution in [3.05, 3.63) is 71.3 Å². The minimum absolute atomic E-state index is 0. The lowest BCUT2D eigenvalue weighted by atomic mass is 9.65. The van der Waals surface area contributed by atoms with Gasteiger partial charge in [-0.3, -0.25) is 4.79 Å². The van der Waals surface area contributed by atoms with Gasteiger partial charge in [0, 0.05) is 18.7 Å². The van der Waals surface area contributed by atoms with Crippen LogP contribution in [0.5, 0.6) is 0 Å². The van der Waals surface area contributed by atoms with Crippen molar-refractivity contribution in [1.82, 2.24) is 5.32 Å². The van der Waals surface area contributed by atoms with Gasteiger partial charge in [-0.05, 0) is 47.9 Å². The summed E-state index contributed by atoms with van der Waals surface area (Å²) in [4.78, 5) is 12.3. The maximum Gasteiger partial charge on any atom is 0.251 e. The second-order valence-corrected chi connectivity index (χ2v) is 6.60. The molecule has 0 spiro atoms. The van der Waals surface area contributed by atoms with E-state index in [1.807, 2.05) is 30.3 Å². The summed E-state index contributed by atoms with van der Waals surface area (Å²) in [5, 5.41) is 3.13. The first-order valence-electron chi connectivity index (χ1n) is 8.32. The lowest BCUT2D eigenvalue weighted by molar-refractivity contribution is 0.0859. The minimum atomic E-state index is 0. The van der Waals surface area contributed by atoms with Gasteiger partial charge in [-0.2, -0.15) is 0 Å². The summed E-state index contributed by atoms with van der Waals surface area (Å²) in [7, 11) is 0. The van der Waals surface area contributed by atoms with Crippen molar-refractivity contribution in [3.8, 4) is 0 Å². The van der Waals surface area contributed by atoms with E-state index in [9.17, 15) is 4.79 Å². The highest BCUT2D eigenvalue weighted by molar-refractivity contribution is 5.94. The van der Waals surface area contributed by atoms with Gasteiger partial charge >= 0.3 is 0 Å². The van der Waals surface area contributed by atoms with Crippen LogP contribution in [0.3, 0.4) is 0 Å². The summed E-state index contributed by atoms with van der Waals surface area (Å²) < 4.78 is 0. The van der Waals surface area contributed by atoms with Crippen molar-refractivity contribution in [2.24, 2.45) is 11.1 Å². The fraction of sp³-hybridized carbons (Fsp3) is 0.350. The average molecular weight is 345 g/mol. The molecule has 1 amide bonds. The molecule has 0 bridgehead atoms. The molecule has 0 aromatic heterocycles. The van der Waals surface area contributed by atoms with E-state index in [0.717, 1.165) is 18.5 Å². The van der Waals surface area contributed by atoms with Crippen molar-refractivity contribution < 1.29 is 4.79 Å². The molecule has 0 atom stereocenters. The van der Waals surface area contributed by atoms with Crippen LogP contribution in [0.1, 0.15) is 40.7 Å². The topological polar surface area (TPSA) is 55.1 Å². The Labute approximate surface area is 150 Å². The number of carbonyl (C=O) groups excluding carboxylic acids is 1. The second-order valence-electron chi connectivity index (χ2n) is 6.60. The van der Waals surface area contributed by atoms with Crippen molar-refractivity contribution in [1.29, 1.82) is 0 Å². The highest BCUT2D eigenvalue weighted by atomic mass is 35.5. The number of halogens is 1. The van der Waals surface area contributed by atoms with Crippen LogP contribution in [0, 0.1) is 5.41 Å². The number of nitrogens with two attached hydrogens (primary N) is 1. The summed E-state index contributed by atoms with van der Waals surface area (Å²) in [6.07, 6.45) is 4.68. The standard InChI is InChI=1S/C20H24N2O.ClH/c21-14-17-7-9-18(10-8-17)19(23)22-15-20(11-4-12-20)13-16-5-2-1-3-6-16;/h1-3,5-10H,4,11-15,21H2,(H,22,23);1H. The Morgan fingerprint density at radius 1 is 1.00 bits per heavy atom. The van der Waals surface area contributed by atoms with Crippen LogP contribution in [0.15, 0.2) is 54.6 Å². The minimum Gasteiger partial charge on any atom is -0.351 e. The van der Waals surface area contributed by atoms with E-state index in [1.165, 1.54) is 24.8 Å². The monoisotopic (exact) mass is 344 g/mol. The summed E-state index contributed by atoms with van der Waals surface area (Å²) in [5.74, 6) is 0.00732. The Bertz CT molecular complexity index is 651. The molecule has 0 unspecified atom stereocenters. The zero-order valence-corrected chi connectivity index (χ0v) is 14.6. The van der Waals surface area contributed by atoms with Crippen LogP contribution in [0.25, 0.3) is 0 Å².